The van der Waals surface area contributed by atoms with E-state index in [2.05, 4.69) is 17.0 Å². The molecule has 260 valence electrons. The van der Waals surface area contributed by atoms with Crippen LogP contribution in [0.4, 0.5) is 10.5 Å². The van der Waals surface area contributed by atoms with E-state index in [-0.39, 0.29) is 29.3 Å². The number of ether oxygens (including phenoxy) is 3. The lowest BCUT2D eigenvalue weighted by Crippen LogP contribution is -2.50. The summed E-state index contributed by atoms with van der Waals surface area (Å²) < 4.78 is 17.9. The molecule has 2 aliphatic heterocycles. The number of hydrogen-bond acceptors (Lipinski definition) is 7. The molecule has 0 bridgehead atoms. The molecule has 2 aromatic rings. The first-order chi connectivity index (χ1) is 22.6. The van der Waals surface area contributed by atoms with Crippen LogP contribution < -0.4 is 9.64 Å². The van der Waals surface area contributed by atoms with Crippen LogP contribution in [0.5, 0.6) is 5.75 Å². The fourth-order valence-electron chi connectivity index (χ4n) is 7.82. The summed E-state index contributed by atoms with van der Waals surface area (Å²) in [5.41, 5.74) is 3.57. The molecule has 4 atom stereocenters. The zero-order valence-electron chi connectivity index (χ0n) is 29.3. The molecule has 1 N–H and O–H groups in total. The van der Waals surface area contributed by atoms with Crippen molar-refractivity contribution in [3.63, 3.8) is 0 Å². The highest BCUT2D eigenvalue weighted by Crippen LogP contribution is 2.47. The zero-order valence-corrected chi connectivity index (χ0v) is 30.1. The minimum absolute atomic E-state index is 0.111. The van der Waals surface area contributed by atoms with Gasteiger partial charge in [-0.15, -0.1) is 0 Å². The lowest BCUT2D eigenvalue weighted by atomic mass is 9.67. The van der Waals surface area contributed by atoms with Gasteiger partial charge in [-0.3, -0.25) is 0 Å². The average Bonchev–Trinajstić information content (AvgIpc) is 3.14. The van der Waals surface area contributed by atoms with Crippen molar-refractivity contribution in [2.24, 2.45) is 11.8 Å². The normalized spacial score (nSPS) is 24.7. The predicted molar refractivity (Wildman–Crippen MR) is 188 cm³/mol. The van der Waals surface area contributed by atoms with Crippen molar-refractivity contribution < 1.29 is 28.9 Å². The molecule has 0 saturated heterocycles. The molecule has 48 heavy (non-hydrogen) atoms. The van der Waals surface area contributed by atoms with Crippen molar-refractivity contribution in [3.8, 4) is 5.75 Å². The van der Waals surface area contributed by atoms with E-state index in [4.69, 9.17) is 25.8 Å². The third kappa shape index (κ3) is 7.50. The predicted octanol–water partition coefficient (Wildman–Crippen LogP) is 7.72. The molecular formula is C39H51ClN2O6. The number of hydrogen-bond donors (Lipinski definition) is 1. The maximum atomic E-state index is 13.2. The quantitative estimate of drug-likeness (QED) is 0.256. The number of rotatable bonds is 5. The van der Waals surface area contributed by atoms with Gasteiger partial charge in [0, 0.05) is 36.6 Å². The molecule has 2 aromatic carbocycles. The van der Waals surface area contributed by atoms with Crippen molar-refractivity contribution >= 4 is 29.4 Å². The van der Waals surface area contributed by atoms with Gasteiger partial charge in [0.2, 0.25) is 0 Å². The van der Waals surface area contributed by atoms with Crippen molar-refractivity contribution in [1.82, 2.24) is 4.90 Å². The molecule has 2 aliphatic carbocycles. The summed E-state index contributed by atoms with van der Waals surface area (Å²) >= 11 is 6.45. The van der Waals surface area contributed by atoms with Crippen molar-refractivity contribution in [1.29, 1.82) is 0 Å². The fraction of sp³-hybridized carbons (Fsp3) is 0.590. The van der Waals surface area contributed by atoms with Crippen molar-refractivity contribution in [2.45, 2.75) is 103 Å². The van der Waals surface area contributed by atoms with Gasteiger partial charge in [-0.05, 0) is 139 Å². The van der Waals surface area contributed by atoms with Gasteiger partial charge in [-0.1, -0.05) is 23.7 Å². The molecule has 1 fully saturated rings. The number of aliphatic hydroxyl groups excluding tert-OH is 1. The van der Waals surface area contributed by atoms with E-state index in [1.807, 2.05) is 65.8 Å². The number of anilines is 1. The number of aryl methyl sites for hydroxylation is 1. The Hall–Kier alpha value is -3.23. The Morgan fingerprint density at radius 3 is 2.48 bits per heavy atom. The minimum atomic E-state index is -0.607. The van der Waals surface area contributed by atoms with Crippen LogP contribution in [-0.4, -0.2) is 72.2 Å². The minimum Gasteiger partial charge on any atom is -0.490 e. The summed E-state index contributed by atoms with van der Waals surface area (Å²) in [7, 11) is 0. The van der Waals surface area contributed by atoms with E-state index in [0.717, 1.165) is 67.2 Å². The Morgan fingerprint density at radius 1 is 1.04 bits per heavy atom. The molecule has 9 heteroatoms. The second-order valence-electron chi connectivity index (χ2n) is 16.2. The Balaban J connectivity index is 1.26. The van der Waals surface area contributed by atoms with Crippen LogP contribution in [0, 0.1) is 11.8 Å². The first-order valence-electron chi connectivity index (χ1n) is 17.5. The van der Waals surface area contributed by atoms with Gasteiger partial charge >= 0.3 is 12.1 Å². The summed E-state index contributed by atoms with van der Waals surface area (Å²) in [6, 6.07) is 11.9. The standard InChI is InChI=1S/C39H51ClN2O6/c1-37(2,3)47-35(44)27-10-14-33-32(21-27)42(23-39(24-46-33)17-7-8-26-20-29(40)11-13-31(26)39)22-28-9-12-30(28)34(43)25-15-18-41(19-16-25)36(45)48-38(4,5)6/h10-11,13-15,20-21,28,30,34,43H,7-9,12,16-19,22-24H2,1-6H3/t28-,30+,34-,39-/m0/s1. The molecule has 2 heterocycles. The van der Waals surface area contributed by atoms with Crippen LogP contribution in [0.2, 0.25) is 5.02 Å². The molecule has 4 aliphatic rings. The van der Waals surface area contributed by atoms with E-state index in [9.17, 15) is 14.7 Å². The monoisotopic (exact) mass is 678 g/mol. The maximum absolute atomic E-state index is 13.2. The van der Waals surface area contributed by atoms with Gasteiger partial charge in [0.15, 0.2) is 0 Å². The number of aliphatic hydroxyl groups is 1. The van der Waals surface area contributed by atoms with Gasteiger partial charge in [0.25, 0.3) is 0 Å². The van der Waals surface area contributed by atoms with Crippen LogP contribution in [0.15, 0.2) is 48.0 Å². The molecule has 6 rings (SSSR count). The molecule has 1 amide bonds. The van der Waals surface area contributed by atoms with E-state index < -0.39 is 17.3 Å². The second-order valence-corrected chi connectivity index (χ2v) is 16.6. The van der Waals surface area contributed by atoms with Crippen molar-refractivity contribution in [2.75, 3.05) is 37.7 Å². The molecule has 1 spiro atoms. The fourth-order valence-corrected chi connectivity index (χ4v) is 8.01. The molecule has 0 aromatic heterocycles. The molecule has 1 saturated carbocycles. The number of esters is 1. The highest BCUT2D eigenvalue weighted by molar-refractivity contribution is 6.30. The highest BCUT2D eigenvalue weighted by atomic mass is 35.5. The third-order valence-electron chi connectivity index (χ3n) is 10.3. The zero-order chi connectivity index (χ0) is 34.4. The molecular weight excluding hydrogens is 628 g/mol. The summed E-state index contributed by atoms with van der Waals surface area (Å²) in [4.78, 5) is 29.9. The van der Waals surface area contributed by atoms with Gasteiger partial charge < -0.3 is 29.1 Å². The van der Waals surface area contributed by atoms with E-state index in [1.165, 1.54) is 11.1 Å². The molecule has 0 radical (unpaired) electrons. The number of amides is 1. The van der Waals surface area contributed by atoms with Gasteiger partial charge in [0.05, 0.1) is 24.0 Å². The number of carbonyl (C=O) groups excluding carboxylic acids is 2. The van der Waals surface area contributed by atoms with E-state index in [1.54, 1.807) is 11.0 Å². The van der Waals surface area contributed by atoms with Crippen LogP contribution in [0.1, 0.15) is 95.1 Å². The van der Waals surface area contributed by atoms with E-state index >= 15 is 0 Å². The van der Waals surface area contributed by atoms with Crippen LogP contribution in [0.3, 0.4) is 0 Å². The molecule has 0 unspecified atom stereocenters. The van der Waals surface area contributed by atoms with Crippen LogP contribution in [0.25, 0.3) is 0 Å². The largest absolute Gasteiger partial charge is 0.490 e. The van der Waals surface area contributed by atoms with Gasteiger partial charge in [-0.25, -0.2) is 9.59 Å². The number of benzene rings is 2. The topological polar surface area (TPSA) is 88.5 Å². The highest BCUT2D eigenvalue weighted by Gasteiger charge is 2.45. The van der Waals surface area contributed by atoms with E-state index in [0.29, 0.717) is 31.7 Å². The first kappa shape index (κ1) is 34.6. The number of fused-ring (bicyclic) bond motifs is 3. The lowest BCUT2D eigenvalue weighted by molar-refractivity contribution is 0.00687. The van der Waals surface area contributed by atoms with Crippen molar-refractivity contribution in [3.05, 3.63) is 69.8 Å². The second kappa shape index (κ2) is 13.2. The SMILES string of the molecule is CC(C)(C)OC(=O)c1ccc2c(c1)N(C[C@@H]1CC[C@H]1[C@@H](O)C1=CCN(C(=O)OC(C)(C)C)CC1)C[C@@]1(CCCc3cc(Cl)ccc31)CO2. The number of nitrogens with zero attached hydrogens (tertiary/aromatic N) is 2. The lowest BCUT2D eigenvalue weighted by Gasteiger charge is -2.46. The third-order valence-corrected chi connectivity index (χ3v) is 10.5. The summed E-state index contributed by atoms with van der Waals surface area (Å²) in [6.45, 7) is 14.2. The molecule has 8 nitrogen and oxygen atoms in total. The average molecular weight is 679 g/mol. The summed E-state index contributed by atoms with van der Waals surface area (Å²) in [6.07, 6.45) is 6.74. The summed E-state index contributed by atoms with van der Waals surface area (Å²) in [5.74, 6) is 0.767. The van der Waals surface area contributed by atoms with Gasteiger partial charge in [-0.2, -0.15) is 0 Å². The Kier molecular flexibility index (Phi) is 9.55. The Bertz CT molecular complexity index is 1580. The first-order valence-corrected chi connectivity index (χ1v) is 17.9. The van der Waals surface area contributed by atoms with Crippen LogP contribution >= 0.6 is 11.6 Å². The number of halogens is 1. The smallest absolute Gasteiger partial charge is 0.410 e. The Labute approximate surface area is 290 Å². The van der Waals surface area contributed by atoms with Crippen LogP contribution in [-0.2, 0) is 21.3 Å². The summed E-state index contributed by atoms with van der Waals surface area (Å²) in [5, 5.41) is 12.4. The maximum Gasteiger partial charge on any atom is 0.410 e. The van der Waals surface area contributed by atoms with Gasteiger partial charge in [0.1, 0.15) is 17.0 Å². The Morgan fingerprint density at radius 2 is 1.81 bits per heavy atom. The number of carbonyl (C=O) groups is 2.